The molecule has 1 atom stereocenters. The summed E-state index contributed by atoms with van der Waals surface area (Å²) in [6, 6.07) is 14.7. The number of amides is 1. The Balaban J connectivity index is 0. The van der Waals surface area contributed by atoms with Crippen LogP contribution in [0.1, 0.15) is 75.9 Å². The molecule has 0 saturated carbocycles. The number of benzene rings is 2. The van der Waals surface area contributed by atoms with Gasteiger partial charge >= 0.3 is 51.4 Å². The molecule has 0 aliphatic carbocycles. The van der Waals surface area contributed by atoms with Gasteiger partial charge < -0.3 is 25.5 Å². The van der Waals surface area contributed by atoms with Crippen LogP contribution in [0.25, 0.3) is 5.32 Å². The van der Waals surface area contributed by atoms with E-state index in [0.29, 0.717) is 35.1 Å². The number of aliphatic imine (C=N–C) groups is 1. The quantitative estimate of drug-likeness (QED) is 0.382. The fourth-order valence-corrected chi connectivity index (χ4v) is 4.74. The van der Waals surface area contributed by atoms with E-state index in [1.165, 1.54) is 28.3 Å². The number of aryl methyl sites for hydroxylation is 1. The second-order valence-electron chi connectivity index (χ2n) is 9.28. The normalized spacial score (nSPS) is 13.6. The van der Waals surface area contributed by atoms with Crippen molar-refractivity contribution in [2.75, 3.05) is 26.0 Å². The average Bonchev–Trinajstić information content (AvgIpc) is 2.95. The van der Waals surface area contributed by atoms with Crippen molar-refractivity contribution in [3.05, 3.63) is 69.5 Å². The van der Waals surface area contributed by atoms with E-state index in [0.717, 1.165) is 13.0 Å². The molecule has 41 heavy (non-hydrogen) atoms. The summed E-state index contributed by atoms with van der Waals surface area (Å²) in [4.78, 5) is 24.5. The van der Waals surface area contributed by atoms with Crippen molar-refractivity contribution in [1.82, 2.24) is 10.6 Å². The fraction of sp³-hybridized carbons (Fsp3) is 0.516. The van der Waals surface area contributed by atoms with Crippen LogP contribution < -0.4 is 66.8 Å². The molecule has 2 N–H and O–H groups in total. The van der Waals surface area contributed by atoms with Crippen molar-refractivity contribution in [3.63, 3.8) is 0 Å². The van der Waals surface area contributed by atoms with Gasteiger partial charge in [-0.2, -0.15) is 7.05 Å². The third-order valence-electron chi connectivity index (χ3n) is 5.27. The number of hydrogen-bond donors (Lipinski definition) is 2. The third kappa shape index (κ3) is 18.5. The van der Waals surface area contributed by atoms with Crippen LogP contribution in [0.15, 0.2) is 47.5 Å². The summed E-state index contributed by atoms with van der Waals surface area (Å²) in [5.41, 5.74) is 3.08. The fourth-order valence-electron chi connectivity index (χ4n) is 3.41. The molecule has 0 radical (unpaired) electrons. The van der Waals surface area contributed by atoms with Crippen molar-refractivity contribution in [3.8, 4) is 5.75 Å². The molecular weight excluding hydrogens is 583 g/mol. The van der Waals surface area contributed by atoms with Crippen LogP contribution in [-0.4, -0.2) is 61.9 Å². The van der Waals surface area contributed by atoms with Crippen molar-refractivity contribution in [2.24, 2.45) is 4.99 Å². The minimum Gasteiger partial charge on any atom is -0.648 e. The Morgan fingerprint density at radius 1 is 1.15 bits per heavy atom. The zero-order valence-corrected chi connectivity index (χ0v) is 31.1. The minimum absolute atomic E-state index is 0. The molecule has 224 valence electrons. The molecule has 2 aromatic carbocycles. The predicted molar refractivity (Wildman–Crippen MR) is 174 cm³/mol. The summed E-state index contributed by atoms with van der Waals surface area (Å²) in [6.07, 6.45) is 2.40. The molecule has 1 aliphatic heterocycles. The van der Waals surface area contributed by atoms with Crippen molar-refractivity contribution < 1.29 is 65.7 Å². The number of thioether (sulfide) groups is 1. The number of rotatable bonds is 10. The van der Waals surface area contributed by atoms with Gasteiger partial charge in [0.1, 0.15) is 12.5 Å². The molecule has 0 fully saturated rings. The predicted octanol–water partition coefficient (Wildman–Crippen LogP) is 4.30. The number of carbonyl (C=O) groups is 2. The van der Waals surface area contributed by atoms with Gasteiger partial charge in [0, 0.05) is 22.9 Å². The number of halogens is 1. The Morgan fingerprint density at radius 3 is 2.32 bits per heavy atom. The summed E-state index contributed by atoms with van der Waals surface area (Å²) >= 11 is 7.92. The van der Waals surface area contributed by atoms with E-state index in [4.69, 9.17) is 26.1 Å². The Bertz CT molecular complexity index is 1010. The smallest absolute Gasteiger partial charge is 0.648 e. The zero-order valence-electron chi connectivity index (χ0n) is 26.4. The van der Waals surface area contributed by atoms with E-state index in [1.54, 1.807) is 25.2 Å². The summed E-state index contributed by atoms with van der Waals surface area (Å²) < 4.78 is 5.48. The van der Waals surface area contributed by atoms with Gasteiger partial charge in [0.2, 0.25) is 5.91 Å². The Hall–Kier alpha value is -0.754. The van der Waals surface area contributed by atoms with Gasteiger partial charge in [-0.3, -0.25) is 9.79 Å². The van der Waals surface area contributed by atoms with Crippen molar-refractivity contribution >= 4 is 41.1 Å². The largest absolute Gasteiger partial charge is 1.00 e. The number of nitrogens with one attached hydrogen (secondary N) is 2. The van der Waals surface area contributed by atoms with E-state index in [1.807, 2.05) is 46.2 Å². The number of nitrogens with zero attached hydrogens (tertiary/aromatic N) is 2. The van der Waals surface area contributed by atoms with Gasteiger partial charge in [-0.05, 0) is 58.4 Å². The van der Waals surface area contributed by atoms with E-state index in [9.17, 15) is 4.79 Å². The molecule has 0 saturated heterocycles. The molecule has 3 rings (SSSR count). The molecule has 1 unspecified atom stereocenters. The number of ether oxygens (including phenoxy) is 1. The monoisotopic (exact) mass is 630 g/mol. The molecule has 7 nitrogen and oxygen atoms in total. The minimum atomic E-state index is -0.200. The second-order valence-corrected chi connectivity index (χ2v) is 10.8. The first-order valence-electron chi connectivity index (χ1n) is 13.8. The van der Waals surface area contributed by atoms with Crippen LogP contribution in [0.3, 0.4) is 0 Å². The Labute approximate surface area is 300 Å². The molecule has 0 aromatic heterocycles. The zero-order chi connectivity index (χ0) is 30.5. The first kappa shape index (κ1) is 42.4. The molecular formula is C31H48ClKN4O3S. The SMILES string of the molecule is C=O.CC.C[N-]CNC(=O)c1ccc(OC(C)C)c(Cl)c1.Cc1ccc(C2=NC(CCNC(C)C)CCS2)cc1.[K+]. The summed E-state index contributed by atoms with van der Waals surface area (Å²) in [6.45, 7) is 17.7. The molecule has 0 spiro atoms. The van der Waals surface area contributed by atoms with Gasteiger partial charge in [-0.1, -0.05) is 75.8 Å². The number of hydrogen-bond acceptors (Lipinski definition) is 6. The molecule has 0 bridgehead atoms. The van der Waals surface area contributed by atoms with Gasteiger partial charge in [0.15, 0.2) is 0 Å². The maximum atomic E-state index is 11.6. The summed E-state index contributed by atoms with van der Waals surface area (Å²) in [5.74, 6) is 1.57. The van der Waals surface area contributed by atoms with E-state index >= 15 is 0 Å². The maximum Gasteiger partial charge on any atom is 1.00 e. The van der Waals surface area contributed by atoms with E-state index in [-0.39, 0.29) is 63.4 Å². The van der Waals surface area contributed by atoms with Crippen LogP contribution >= 0.6 is 23.4 Å². The van der Waals surface area contributed by atoms with E-state index < -0.39 is 0 Å². The summed E-state index contributed by atoms with van der Waals surface area (Å²) in [5, 5.41) is 11.6. The Kier molecular flexibility index (Phi) is 26.6. The second kappa shape index (κ2) is 25.7. The molecule has 10 heteroatoms. The van der Waals surface area contributed by atoms with Gasteiger partial charge in [-0.15, -0.1) is 11.8 Å². The maximum absolute atomic E-state index is 11.6. The standard InChI is InChI=1S/C16H24N2S.C12H16ClN2O2.C2H6.CH2O.K/c1-12(2)17-10-8-15-9-11-19-16(18-15)14-6-4-13(3)5-7-14;1-8(2)17-11-5-4-9(6-10(11)13)12(16)15-7-14-3;2*1-2;/h4-7,12,15,17H,8-11H2,1-3H3;4-6,8H,7H2,1-3H3,(H,15,16);1-2H3;1H2;/q;-1;;;+1. The van der Waals surface area contributed by atoms with Crippen LogP contribution in [0, 0.1) is 6.92 Å². The van der Waals surface area contributed by atoms with Crippen LogP contribution in [0.5, 0.6) is 5.75 Å². The molecule has 1 heterocycles. The van der Waals surface area contributed by atoms with Gasteiger partial charge in [0.05, 0.1) is 22.2 Å². The molecule has 1 amide bonds. The first-order valence-corrected chi connectivity index (χ1v) is 15.2. The molecule has 2 aromatic rings. The van der Waals surface area contributed by atoms with E-state index in [2.05, 4.69) is 61.0 Å². The van der Waals surface area contributed by atoms with Crippen LogP contribution in [-0.2, 0) is 4.79 Å². The first-order chi connectivity index (χ1) is 19.2. The molecule has 1 aliphatic rings. The van der Waals surface area contributed by atoms with Crippen LogP contribution in [0.2, 0.25) is 5.02 Å². The van der Waals surface area contributed by atoms with Gasteiger partial charge in [-0.25, -0.2) is 0 Å². The average molecular weight is 631 g/mol. The third-order valence-corrected chi connectivity index (χ3v) is 6.62. The van der Waals surface area contributed by atoms with Crippen molar-refractivity contribution in [2.45, 2.75) is 79.5 Å². The van der Waals surface area contributed by atoms with Crippen LogP contribution in [0.4, 0.5) is 0 Å². The van der Waals surface area contributed by atoms with Crippen molar-refractivity contribution in [1.29, 1.82) is 0 Å². The summed E-state index contributed by atoms with van der Waals surface area (Å²) in [7, 11) is 1.63. The van der Waals surface area contributed by atoms with Gasteiger partial charge in [0.25, 0.3) is 0 Å². The topological polar surface area (TPSA) is 93.9 Å². The Morgan fingerprint density at radius 2 is 1.78 bits per heavy atom. The number of carbonyl (C=O) groups excluding carboxylic acids is 2.